The molecular formula is C18H28N2O3. The summed E-state index contributed by atoms with van der Waals surface area (Å²) in [6.45, 7) is 6.19. The van der Waals surface area contributed by atoms with Crippen molar-refractivity contribution in [3.8, 4) is 5.75 Å². The molecule has 5 heteroatoms. The van der Waals surface area contributed by atoms with Crippen molar-refractivity contribution in [3.05, 3.63) is 29.8 Å². The van der Waals surface area contributed by atoms with E-state index in [1.807, 2.05) is 0 Å². The molecule has 128 valence electrons. The molecule has 1 aromatic carbocycles. The first-order valence-corrected chi connectivity index (χ1v) is 8.42. The third kappa shape index (κ3) is 5.52. The van der Waals surface area contributed by atoms with Gasteiger partial charge >= 0.3 is 0 Å². The second-order valence-electron chi connectivity index (χ2n) is 6.37. The molecule has 1 amide bonds. The van der Waals surface area contributed by atoms with Crippen LogP contribution < -0.4 is 10.1 Å². The highest BCUT2D eigenvalue weighted by Gasteiger charge is 2.18. The maximum Gasteiger partial charge on any atom is 0.253 e. The second kappa shape index (κ2) is 8.89. The third-order valence-electron chi connectivity index (χ3n) is 4.35. The summed E-state index contributed by atoms with van der Waals surface area (Å²) in [6.07, 6.45) is 2.34. The molecule has 0 spiro atoms. The van der Waals surface area contributed by atoms with Crippen LogP contribution in [0, 0.1) is 5.92 Å². The fraction of sp³-hybridized carbons (Fsp3) is 0.611. The molecule has 2 N–H and O–H groups in total. The molecule has 1 heterocycles. The number of nitrogens with one attached hydrogen (secondary N) is 1. The summed E-state index contributed by atoms with van der Waals surface area (Å²) >= 11 is 0. The van der Waals surface area contributed by atoms with E-state index in [1.54, 1.807) is 31.4 Å². The topological polar surface area (TPSA) is 61.8 Å². The smallest absolute Gasteiger partial charge is 0.253 e. The van der Waals surface area contributed by atoms with Crippen LogP contribution in [0.15, 0.2) is 24.3 Å². The number of aliphatic hydroxyl groups excluding tert-OH is 1. The Morgan fingerprint density at radius 3 is 3.09 bits per heavy atom. The number of hydrogen-bond donors (Lipinski definition) is 2. The van der Waals surface area contributed by atoms with E-state index in [0.29, 0.717) is 17.9 Å². The molecule has 0 aromatic heterocycles. The molecule has 5 nitrogen and oxygen atoms in total. The lowest BCUT2D eigenvalue weighted by Gasteiger charge is -2.30. The summed E-state index contributed by atoms with van der Waals surface area (Å²) in [5.41, 5.74) is 0.548. The Labute approximate surface area is 138 Å². The highest BCUT2D eigenvalue weighted by atomic mass is 16.5. The number of rotatable bonds is 7. The summed E-state index contributed by atoms with van der Waals surface area (Å²) < 4.78 is 5.11. The normalized spacial score (nSPS) is 20.0. The molecule has 0 saturated carbocycles. The van der Waals surface area contributed by atoms with Crippen molar-refractivity contribution in [1.82, 2.24) is 10.2 Å². The summed E-state index contributed by atoms with van der Waals surface area (Å²) in [5, 5.41) is 12.9. The number of carbonyl (C=O) groups excluding carboxylic acids is 1. The molecule has 2 atom stereocenters. The Morgan fingerprint density at radius 2 is 2.35 bits per heavy atom. The van der Waals surface area contributed by atoms with Gasteiger partial charge in [-0.2, -0.15) is 0 Å². The van der Waals surface area contributed by atoms with Crippen LogP contribution in [0.3, 0.4) is 0 Å². The number of likely N-dealkylation sites (tertiary alicyclic amines) is 1. The molecular weight excluding hydrogens is 292 g/mol. The number of carbonyl (C=O) groups is 1. The summed E-state index contributed by atoms with van der Waals surface area (Å²) in [7, 11) is 1.56. The van der Waals surface area contributed by atoms with Gasteiger partial charge < -0.3 is 20.1 Å². The largest absolute Gasteiger partial charge is 0.497 e. The number of nitrogens with zero attached hydrogens (tertiary/aromatic N) is 1. The van der Waals surface area contributed by atoms with Gasteiger partial charge in [0.15, 0.2) is 6.10 Å². The molecule has 0 aliphatic carbocycles. The maximum atomic E-state index is 12.0. The maximum absolute atomic E-state index is 12.0. The Balaban J connectivity index is 1.71. The van der Waals surface area contributed by atoms with Gasteiger partial charge in [-0.05, 0) is 56.0 Å². The van der Waals surface area contributed by atoms with E-state index < -0.39 is 6.10 Å². The lowest BCUT2D eigenvalue weighted by molar-refractivity contribution is -0.129. The van der Waals surface area contributed by atoms with Crippen LogP contribution in [0.25, 0.3) is 0 Å². The van der Waals surface area contributed by atoms with Gasteiger partial charge in [0, 0.05) is 13.1 Å². The molecule has 1 saturated heterocycles. The van der Waals surface area contributed by atoms with E-state index >= 15 is 0 Å². The highest BCUT2D eigenvalue weighted by molar-refractivity contribution is 5.81. The van der Waals surface area contributed by atoms with E-state index in [0.717, 1.165) is 32.0 Å². The summed E-state index contributed by atoms with van der Waals surface area (Å²) in [4.78, 5) is 14.5. The van der Waals surface area contributed by atoms with Gasteiger partial charge in [-0.3, -0.25) is 4.79 Å². The van der Waals surface area contributed by atoms with Crippen molar-refractivity contribution >= 4 is 5.91 Å². The number of hydrogen-bond acceptors (Lipinski definition) is 4. The van der Waals surface area contributed by atoms with Gasteiger partial charge in [-0.1, -0.05) is 19.1 Å². The molecule has 2 rings (SSSR count). The Kier molecular flexibility index (Phi) is 6.86. The standard InChI is InChI=1S/C18H28N2O3/c1-14-6-4-10-20(13-14)11-5-9-19-18(22)17(21)15-7-3-8-16(12-15)23-2/h3,7-8,12,14,17,21H,4-6,9-11,13H2,1-2H3,(H,19,22). The molecule has 1 aliphatic heterocycles. The SMILES string of the molecule is COc1cccc(C(O)C(=O)NCCCN2CCCC(C)C2)c1. The molecule has 1 fully saturated rings. The molecule has 1 aliphatic rings. The minimum Gasteiger partial charge on any atom is -0.497 e. The van der Waals surface area contributed by atoms with Crippen LogP contribution in [0.1, 0.15) is 37.9 Å². The molecule has 1 aromatic rings. The lowest BCUT2D eigenvalue weighted by Crippen LogP contribution is -2.37. The lowest BCUT2D eigenvalue weighted by atomic mass is 10.0. The van der Waals surface area contributed by atoms with Gasteiger partial charge in [0.25, 0.3) is 5.91 Å². The number of amides is 1. The van der Waals surface area contributed by atoms with Crippen molar-refractivity contribution in [3.63, 3.8) is 0 Å². The predicted molar refractivity (Wildman–Crippen MR) is 90.4 cm³/mol. The summed E-state index contributed by atoms with van der Waals surface area (Å²) in [5.74, 6) is 1.05. The zero-order valence-corrected chi connectivity index (χ0v) is 14.1. The van der Waals surface area contributed by atoms with Gasteiger partial charge in [0.2, 0.25) is 0 Å². The minimum absolute atomic E-state index is 0.356. The Hall–Kier alpha value is -1.59. The highest BCUT2D eigenvalue weighted by Crippen LogP contribution is 2.19. The van der Waals surface area contributed by atoms with E-state index in [-0.39, 0.29) is 5.91 Å². The van der Waals surface area contributed by atoms with Gasteiger partial charge in [0.05, 0.1) is 7.11 Å². The van der Waals surface area contributed by atoms with Crippen LogP contribution in [-0.2, 0) is 4.79 Å². The molecule has 0 bridgehead atoms. The zero-order valence-electron chi connectivity index (χ0n) is 14.1. The first kappa shape index (κ1) is 17.8. The van der Waals surface area contributed by atoms with E-state index in [2.05, 4.69) is 17.1 Å². The van der Waals surface area contributed by atoms with Crippen LogP contribution >= 0.6 is 0 Å². The monoisotopic (exact) mass is 320 g/mol. The fourth-order valence-electron chi connectivity index (χ4n) is 3.06. The average Bonchev–Trinajstić information content (AvgIpc) is 2.58. The van der Waals surface area contributed by atoms with Crippen LogP contribution in [0.2, 0.25) is 0 Å². The van der Waals surface area contributed by atoms with Crippen LogP contribution in [0.5, 0.6) is 5.75 Å². The number of piperidine rings is 1. The number of aliphatic hydroxyl groups is 1. The van der Waals surface area contributed by atoms with Gasteiger partial charge in [-0.25, -0.2) is 0 Å². The van der Waals surface area contributed by atoms with E-state index in [4.69, 9.17) is 4.74 Å². The molecule has 2 unspecified atom stereocenters. The fourth-order valence-corrected chi connectivity index (χ4v) is 3.06. The number of benzene rings is 1. The van der Waals surface area contributed by atoms with Crippen molar-refractivity contribution < 1.29 is 14.6 Å². The van der Waals surface area contributed by atoms with Crippen LogP contribution in [0.4, 0.5) is 0 Å². The van der Waals surface area contributed by atoms with E-state index in [1.165, 1.54) is 12.8 Å². The zero-order chi connectivity index (χ0) is 16.7. The molecule has 23 heavy (non-hydrogen) atoms. The third-order valence-corrected chi connectivity index (χ3v) is 4.35. The van der Waals surface area contributed by atoms with Gasteiger partial charge in [-0.15, -0.1) is 0 Å². The van der Waals surface area contributed by atoms with Crippen molar-refractivity contribution in [2.24, 2.45) is 5.92 Å². The quantitative estimate of drug-likeness (QED) is 0.754. The predicted octanol–water partition coefficient (Wildman–Crippen LogP) is 1.97. The minimum atomic E-state index is -1.15. The van der Waals surface area contributed by atoms with Crippen molar-refractivity contribution in [1.29, 1.82) is 0 Å². The average molecular weight is 320 g/mol. The molecule has 0 radical (unpaired) electrons. The first-order chi connectivity index (χ1) is 11.1. The summed E-state index contributed by atoms with van der Waals surface area (Å²) in [6, 6.07) is 6.96. The Morgan fingerprint density at radius 1 is 1.52 bits per heavy atom. The second-order valence-corrected chi connectivity index (χ2v) is 6.37. The number of methoxy groups -OCH3 is 1. The number of ether oxygens (including phenoxy) is 1. The Bertz CT molecular complexity index is 507. The van der Waals surface area contributed by atoms with Crippen LogP contribution in [-0.4, -0.2) is 49.2 Å². The van der Waals surface area contributed by atoms with Crippen molar-refractivity contribution in [2.75, 3.05) is 33.3 Å². The van der Waals surface area contributed by atoms with E-state index in [9.17, 15) is 9.90 Å². The van der Waals surface area contributed by atoms with Crippen molar-refractivity contribution in [2.45, 2.75) is 32.3 Å². The van der Waals surface area contributed by atoms with Gasteiger partial charge in [0.1, 0.15) is 5.75 Å². The first-order valence-electron chi connectivity index (χ1n) is 8.42.